The van der Waals surface area contributed by atoms with Crippen molar-refractivity contribution in [2.24, 2.45) is 0 Å². The molecule has 0 bridgehead atoms. The van der Waals surface area contributed by atoms with Crippen LogP contribution in [0.4, 0.5) is 16.2 Å². The molecule has 0 fully saturated rings. The number of hydrogen-bond acceptors (Lipinski definition) is 3. The van der Waals surface area contributed by atoms with Crippen molar-refractivity contribution in [1.29, 1.82) is 0 Å². The molecule has 6 nitrogen and oxygen atoms in total. The van der Waals surface area contributed by atoms with Gasteiger partial charge in [0.1, 0.15) is 5.75 Å². The smallest absolute Gasteiger partial charge is 0.319 e. The summed E-state index contributed by atoms with van der Waals surface area (Å²) in [6.07, 6.45) is 0.979. The molecule has 0 radical (unpaired) electrons. The molecule has 138 valence electrons. The number of benzene rings is 2. The van der Waals surface area contributed by atoms with Crippen molar-refractivity contribution in [2.75, 3.05) is 17.7 Å². The summed E-state index contributed by atoms with van der Waals surface area (Å²) in [4.78, 5) is 23.6. The quantitative estimate of drug-likeness (QED) is 0.730. The van der Waals surface area contributed by atoms with Gasteiger partial charge >= 0.3 is 6.03 Å². The summed E-state index contributed by atoms with van der Waals surface area (Å²) in [5.74, 6) is 0.323. The molecule has 0 saturated heterocycles. The Balaban J connectivity index is 2.06. The minimum atomic E-state index is -0.352. The third-order valence-electron chi connectivity index (χ3n) is 4.00. The zero-order valence-electron chi connectivity index (χ0n) is 15.6. The van der Waals surface area contributed by atoms with E-state index < -0.39 is 0 Å². The molecule has 0 spiro atoms. The molecule has 0 aliphatic carbocycles. The second-order valence-electron chi connectivity index (χ2n) is 6.01. The highest BCUT2D eigenvalue weighted by atomic mass is 16.5. The lowest BCUT2D eigenvalue weighted by atomic mass is 10.1. The van der Waals surface area contributed by atoms with E-state index >= 15 is 0 Å². The van der Waals surface area contributed by atoms with E-state index in [1.54, 1.807) is 18.2 Å². The van der Waals surface area contributed by atoms with Crippen LogP contribution in [-0.4, -0.2) is 19.0 Å². The van der Waals surface area contributed by atoms with Crippen molar-refractivity contribution in [1.82, 2.24) is 5.32 Å². The number of rotatable bonds is 6. The molecule has 26 heavy (non-hydrogen) atoms. The summed E-state index contributed by atoms with van der Waals surface area (Å²) in [5.41, 5.74) is 3.34. The van der Waals surface area contributed by atoms with Gasteiger partial charge < -0.3 is 20.7 Å². The number of nitrogens with one attached hydrogen (secondary N) is 3. The Hall–Kier alpha value is -3.02. The zero-order chi connectivity index (χ0) is 19.1. The van der Waals surface area contributed by atoms with Crippen molar-refractivity contribution < 1.29 is 14.3 Å². The molecular formula is C20H25N3O3. The molecule has 3 N–H and O–H groups in total. The maximum atomic E-state index is 12.4. The first kappa shape index (κ1) is 19.3. The molecule has 2 rings (SSSR count). The van der Waals surface area contributed by atoms with Crippen molar-refractivity contribution in [3.05, 3.63) is 53.6 Å². The van der Waals surface area contributed by atoms with E-state index in [1.807, 2.05) is 19.1 Å². The molecule has 2 aromatic rings. The average Bonchev–Trinajstić information content (AvgIpc) is 2.61. The minimum absolute atomic E-state index is 0.148. The number of carbonyl (C=O) groups is 2. The molecule has 1 atom stereocenters. The van der Waals surface area contributed by atoms with Crippen LogP contribution in [0.25, 0.3) is 0 Å². The van der Waals surface area contributed by atoms with Crippen LogP contribution in [0.3, 0.4) is 0 Å². The van der Waals surface area contributed by atoms with Crippen LogP contribution >= 0.6 is 0 Å². The minimum Gasteiger partial charge on any atom is -0.495 e. The van der Waals surface area contributed by atoms with Crippen LogP contribution in [0, 0.1) is 0 Å². The van der Waals surface area contributed by atoms with Gasteiger partial charge in [-0.2, -0.15) is 0 Å². The van der Waals surface area contributed by atoms with Crippen molar-refractivity contribution in [3.63, 3.8) is 0 Å². The monoisotopic (exact) mass is 355 g/mol. The summed E-state index contributed by atoms with van der Waals surface area (Å²) in [6.45, 7) is 5.45. The molecule has 0 aliphatic heterocycles. The van der Waals surface area contributed by atoms with Gasteiger partial charge in [0, 0.05) is 12.6 Å². The highest BCUT2D eigenvalue weighted by Crippen LogP contribution is 2.28. The fourth-order valence-corrected chi connectivity index (χ4v) is 2.57. The molecule has 0 aromatic heterocycles. The molecule has 0 aliphatic rings. The predicted molar refractivity (Wildman–Crippen MR) is 104 cm³/mol. The van der Waals surface area contributed by atoms with E-state index in [-0.39, 0.29) is 18.0 Å². The largest absolute Gasteiger partial charge is 0.495 e. The van der Waals surface area contributed by atoms with E-state index in [1.165, 1.54) is 19.6 Å². The third kappa shape index (κ3) is 5.24. The Labute approximate surface area is 153 Å². The van der Waals surface area contributed by atoms with E-state index in [9.17, 15) is 9.59 Å². The Kier molecular flexibility index (Phi) is 6.60. The van der Waals surface area contributed by atoms with Gasteiger partial charge in [0.15, 0.2) is 0 Å². The molecule has 2 aromatic carbocycles. The summed E-state index contributed by atoms with van der Waals surface area (Å²) >= 11 is 0. The Morgan fingerprint density at radius 1 is 1.08 bits per heavy atom. The second kappa shape index (κ2) is 8.89. The van der Waals surface area contributed by atoms with Crippen LogP contribution < -0.4 is 20.7 Å². The third-order valence-corrected chi connectivity index (χ3v) is 4.00. The van der Waals surface area contributed by atoms with Crippen LogP contribution in [0.5, 0.6) is 5.75 Å². The van der Waals surface area contributed by atoms with E-state index in [0.717, 1.165) is 12.0 Å². The van der Waals surface area contributed by atoms with Crippen LogP contribution in [0.15, 0.2) is 42.5 Å². The van der Waals surface area contributed by atoms with Crippen LogP contribution in [0.1, 0.15) is 37.9 Å². The lowest BCUT2D eigenvalue weighted by Gasteiger charge is -2.17. The summed E-state index contributed by atoms with van der Waals surface area (Å²) in [7, 11) is 1.52. The Morgan fingerprint density at radius 2 is 1.77 bits per heavy atom. The number of carbonyl (C=O) groups excluding carboxylic acids is 2. The highest BCUT2D eigenvalue weighted by Gasteiger charge is 2.12. The van der Waals surface area contributed by atoms with Crippen LogP contribution in [-0.2, 0) is 11.2 Å². The normalized spacial score (nSPS) is 11.4. The first-order valence-electron chi connectivity index (χ1n) is 8.55. The number of aryl methyl sites for hydroxylation is 1. The topological polar surface area (TPSA) is 79.5 Å². The molecule has 0 unspecified atom stereocenters. The zero-order valence-corrected chi connectivity index (χ0v) is 15.6. The van der Waals surface area contributed by atoms with Gasteiger partial charge in [0.05, 0.1) is 18.8 Å². The van der Waals surface area contributed by atoms with Crippen LogP contribution in [0.2, 0.25) is 0 Å². The van der Waals surface area contributed by atoms with Crippen molar-refractivity contribution >= 4 is 23.3 Å². The van der Waals surface area contributed by atoms with Gasteiger partial charge in [-0.3, -0.25) is 4.79 Å². The summed E-state index contributed by atoms with van der Waals surface area (Å²) in [6, 6.07) is 12.7. The molecule has 3 amide bonds. The first-order valence-corrected chi connectivity index (χ1v) is 8.55. The Morgan fingerprint density at radius 3 is 2.35 bits per heavy atom. The van der Waals surface area contributed by atoms with Gasteiger partial charge in [0.25, 0.3) is 0 Å². The number of anilines is 2. The number of hydrogen-bond donors (Lipinski definition) is 3. The predicted octanol–water partition coefficient (Wildman–Crippen LogP) is 4.10. The van der Waals surface area contributed by atoms with E-state index in [4.69, 9.17) is 4.74 Å². The first-order chi connectivity index (χ1) is 12.4. The fraction of sp³-hybridized carbons (Fsp3) is 0.300. The van der Waals surface area contributed by atoms with Gasteiger partial charge in [-0.25, -0.2) is 4.79 Å². The number of urea groups is 1. The van der Waals surface area contributed by atoms with Gasteiger partial charge in [-0.1, -0.05) is 31.2 Å². The maximum Gasteiger partial charge on any atom is 0.319 e. The lowest BCUT2D eigenvalue weighted by Crippen LogP contribution is -2.31. The second-order valence-corrected chi connectivity index (χ2v) is 6.01. The lowest BCUT2D eigenvalue weighted by molar-refractivity contribution is -0.114. The molecular weight excluding hydrogens is 330 g/mol. The molecule has 0 saturated carbocycles. The molecule has 6 heteroatoms. The van der Waals surface area contributed by atoms with E-state index in [2.05, 4.69) is 35.0 Å². The standard InChI is InChI=1S/C20H25N3O3/c1-5-15-6-8-16(9-7-15)13(2)21-20(25)23-18-12-17(22-14(3)24)10-11-19(18)26-4/h6-13H,5H2,1-4H3,(H,22,24)(H2,21,23,25)/t13-/m0/s1. The van der Waals surface area contributed by atoms with Crippen molar-refractivity contribution in [3.8, 4) is 5.75 Å². The number of methoxy groups -OCH3 is 1. The summed E-state index contributed by atoms with van der Waals surface area (Å²) in [5, 5.41) is 8.35. The van der Waals surface area contributed by atoms with E-state index in [0.29, 0.717) is 17.1 Å². The van der Waals surface area contributed by atoms with Crippen molar-refractivity contribution in [2.45, 2.75) is 33.2 Å². The fourth-order valence-electron chi connectivity index (χ4n) is 2.57. The van der Waals surface area contributed by atoms with Gasteiger partial charge in [0.2, 0.25) is 5.91 Å². The van der Waals surface area contributed by atoms with Gasteiger partial charge in [-0.15, -0.1) is 0 Å². The summed E-state index contributed by atoms with van der Waals surface area (Å²) < 4.78 is 5.27. The average molecular weight is 355 g/mol. The maximum absolute atomic E-state index is 12.4. The number of amides is 3. The molecule has 0 heterocycles. The van der Waals surface area contributed by atoms with Gasteiger partial charge in [-0.05, 0) is 42.7 Å². The Bertz CT molecular complexity index is 772. The number of ether oxygens (including phenoxy) is 1. The highest BCUT2D eigenvalue weighted by molar-refractivity contribution is 5.94. The SMILES string of the molecule is CCc1ccc([C@H](C)NC(=O)Nc2cc(NC(C)=O)ccc2OC)cc1.